The van der Waals surface area contributed by atoms with E-state index in [1.165, 1.54) is 0 Å². The summed E-state index contributed by atoms with van der Waals surface area (Å²) in [6, 6.07) is 11.5. The number of nitrogens with one attached hydrogen (secondary N) is 2. The van der Waals surface area contributed by atoms with Gasteiger partial charge in [0.15, 0.2) is 0 Å². The number of anilines is 2. The number of rotatable bonds is 3. The summed E-state index contributed by atoms with van der Waals surface area (Å²) in [5.41, 5.74) is 3.14. The van der Waals surface area contributed by atoms with Gasteiger partial charge in [0.2, 0.25) is 0 Å². The summed E-state index contributed by atoms with van der Waals surface area (Å²) in [6.07, 6.45) is 1.69. The lowest BCUT2D eigenvalue weighted by Crippen LogP contribution is -2.26. The fourth-order valence-electron chi connectivity index (χ4n) is 2.47. The predicted molar refractivity (Wildman–Crippen MR) is 101 cm³/mol. The maximum absolute atomic E-state index is 12.5. The number of benzene rings is 1. The first kappa shape index (κ1) is 18.0. The molecular weight excluding hydrogens is 298 g/mol. The van der Waals surface area contributed by atoms with Crippen molar-refractivity contribution in [3.63, 3.8) is 0 Å². The standard InChI is InChI=1S/C20H27N3O/c1-19(2,3)15-9-7-8-10-16(15)22-18(24)17-12-11-14(13-21-17)23-20(4,5)6/h7-13,23H,1-6H3,(H,22,24). The third kappa shape index (κ3) is 4.82. The second-order valence-corrected chi connectivity index (χ2v) is 8.06. The number of nitrogens with zero attached hydrogens (tertiary/aromatic N) is 1. The van der Waals surface area contributed by atoms with Gasteiger partial charge in [0, 0.05) is 11.2 Å². The molecule has 0 saturated carbocycles. The van der Waals surface area contributed by atoms with E-state index < -0.39 is 0 Å². The van der Waals surface area contributed by atoms with Gasteiger partial charge in [-0.2, -0.15) is 0 Å². The van der Waals surface area contributed by atoms with Crippen LogP contribution in [0, 0.1) is 0 Å². The van der Waals surface area contributed by atoms with Crippen molar-refractivity contribution in [3.05, 3.63) is 53.9 Å². The molecular formula is C20H27N3O. The number of aromatic nitrogens is 1. The van der Waals surface area contributed by atoms with Crippen LogP contribution in [0.25, 0.3) is 0 Å². The third-order valence-electron chi connectivity index (χ3n) is 3.50. The molecule has 0 aliphatic carbocycles. The maximum atomic E-state index is 12.5. The molecule has 0 aliphatic heterocycles. The molecule has 1 aromatic heterocycles. The van der Waals surface area contributed by atoms with E-state index in [1.807, 2.05) is 30.3 Å². The first-order valence-corrected chi connectivity index (χ1v) is 8.21. The first-order valence-electron chi connectivity index (χ1n) is 8.21. The van der Waals surface area contributed by atoms with Gasteiger partial charge in [0.05, 0.1) is 11.9 Å². The smallest absolute Gasteiger partial charge is 0.274 e. The second kappa shape index (κ2) is 6.63. The Bertz CT molecular complexity index is 707. The Morgan fingerprint density at radius 2 is 1.62 bits per heavy atom. The van der Waals surface area contributed by atoms with Gasteiger partial charge in [-0.15, -0.1) is 0 Å². The van der Waals surface area contributed by atoms with E-state index >= 15 is 0 Å². The number of carbonyl (C=O) groups excluding carboxylic acids is 1. The number of hydrogen-bond acceptors (Lipinski definition) is 3. The van der Waals surface area contributed by atoms with Gasteiger partial charge in [0.25, 0.3) is 5.91 Å². The molecule has 0 radical (unpaired) electrons. The van der Waals surface area contributed by atoms with Crippen LogP contribution in [0.3, 0.4) is 0 Å². The van der Waals surface area contributed by atoms with Crippen LogP contribution in [-0.2, 0) is 5.41 Å². The zero-order valence-corrected chi connectivity index (χ0v) is 15.4. The molecule has 4 heteroatoms. The molecule has 0 atom stereocenters. The fourth-order valence-corrected chi connectivity index (χ4v) is 2.47. The molecule has 2 N–H and O–H groups in total. The average Bonchev–Trinajstić information content (AvgIpc) is 2.45. The number of para-hydroxylation sites is 1. The summed E-state index contributed by atoms with van der Waals surface area (Å²) in [5.74, 6) is -0.200. The molecule has 128 valence electrons. The van der Waals surface area contributed by atoms with Crippen molar-refractivity contribution < 1.29 is 4.79 Å². The minimum atomic E-state index is -0.200. The van der Waals surface area contributed by atoms with Crippen LogP contribution in [0.5, 0.6) is 0 Å². The van der Waals surface area contributed by atoms with Crippen LogP contribution in [-0.4, -0.2) is 16.4 Å². The molecule has 2 aromatic rings. The molecule has 0 spiro atoms. The van der Waals surface area contributed by atoms with E-state index in [1.54, 1.807) is 12.3 Å². The van der Waals surface area contributed by atoms with Crippen molar-refractivity contribution in [3.8, 4) is 0 Å². The molecule has 0 saturated heterocycles. The normalized spacial score (nSPS) is 11.9. The summed E-state index contributed by atoms with van der Waals surface area (Å²) < 4.78 is 0. The highest BCUT2D eigenvalue weighted by atomic mass is 16.1. The van der Waals surface area contributed by atoms with Crippen molar-refractivity contribution in [2.75, 3.05) is 10.6 Å². The van der Waals surface area contributed by atoms with Crippen LogP contribution < -0.4 is 10.6 Å². The van der Waals surface area contributed by atoms with Crippen molar-refractivity contribution in [2.45, 2.75) is 52.5 Å². The molecule has 2 rings (SSSR count). The lowest BCUT2D eigenvalue weighted by Gasteiger charge is -2.23. The van der Waals surface area contributed by atoms with Crippen molar-refractivity contribution in [2.24, 2.45) is 0 Å². The van der Waals surface area contributed by atoms with Gasteiger partial charge < -0.3 is 10.6 Å². The number of amides is 1. The minimum Gasteiger partial charge on any atom is -0.379 e. The van der Waals surface area contributed by atoms with Crippen LogP contribution in [0.15, 0.2) is 42.6 Å². The van der Waals surface area contributed by atoms with Crippen LogP contribution in [0.2, 0.25) is 0 Å². The molecule has 1 amide bonds. The van der Waals surface area contributed by atoms with Gasteiger partial charge in [0.1, 0.15) is 5.69 Å². The van der Waals surface area contributed by atoms with E-state index in [2.05, 4.69) is 57.2 Å². The Labute approximate surface area is 144 Å². The summed E-state index contributed by atoms with van der Waals surface area (Å²) in [5, 5.41) is 6.31. The summed E-state index contributed by atoms with van der Waals surface area (Å²) in [7, 11) is 0. The zero-order valence-electron chi connectivity index (χ0n) is 15.4. The van der Waals surface area contributed by atoms with Gasteiger partial charge >= 0.3 is 0 Å². The Morgan fingerprint density at radius 3 is 2.17 bits per heavy atom. The van der Waals surface area contributed by atoms with Crippen molar-refractivity contribution in [1.82, 2.24) is 4.98 Å². The molecule has 0 bridgehead atoms. The van der Waals surface area contributed by atoms with Crippen LogP contribution in [0.4, 0.5) is 11.4 Å². The SMILES string of the molecule is CC(C)(C)Nc1ccc(C(=O)Nc2ccccc2C(C)(C)C)nc1. The summed E-state index contributed by atoms with van der Waals surface area (Å²) >= 11 is 0. The first-order chi connectivity index (χ1) is 11.1. The Balaban J connectivity index is 2.17. The molecule has 1 heterocycles. The van der Waals surface area contributed by atoms with E-state index in [-0.39, 0.29) is 16.9 Å². The van der Waals surface area contributed by atoms with Gasteiger partial charge in [-0.3, -0.25) is 4.79 Å². The monoisotopic (exact) mass is 325 g/mol. The number of carbonyl (C=O) groups is 1. The zero-order chi connectivity index (χ0) is 18.0. The second-order valence-electron chi connectivity index (χ2n) is 8.06. The lowest BCUT2D eigenvalue weighted by atomic mass is 9.86. The minimum absolute atomic E-state index is 0.0439. The predicted octanol–water partition coefficient (Wildman–Crippen LogP) is 4.84. The van der Waals surface area contributed by atoms with Crippen LogP contribution in [0.1, 0.15) is 57.6 Å². The average molecular weight is 325 g/mol. The largest absolute Gasteiger partial charge is 0.379 e. The summed E-state index contributed by atoms with van der Waals surface area (Å²) in [6.45, 7) is 12.6. The quantitative estimate of drug-likeness (QED) is 0.849. The Morgan fingerprint density at radius 1 is 0.958 bits per heavy atom. The summed E-state index contributed by atoms with van der Waals surface area (Å²) in [4.78, 5) is 16.8. The lowest BCUT2D eigenvalue weighted by molar-refractivity contribution is 0.102. The van der Waals surface area contributed by atoms with Crippen LogP contribution >= 0.6 is 0 Å². The Hall–Kier alpha value is -2.36. The highest BCUT2D eigenvalue weighted by Gasteiger charge is 2.19. The Kier molecular flexibility index (Phi) is 4.97. The van der Waals surface area contributed by atoms with Gasteiger partial charge in [-0.25, -0.2) is 4.98 Å². The maximum Gasteiger partial charge on any atom is 0.274 e. The molecule has 24 heavy (non-hydrogen) atoms. The molecule has 0 aliphatic rings. The molecule has 1 aromatic carbocycles. The third-order valence-corrected chi connectivity index (χ3v) is 3.50. The van der Waals surface area contributed by atoms with E-state index in [0.29, 0.717) is 5.69 Å². The van der Waals surface area contributed by atoms with Crippen molar-refractivity contribution >= 4 is 17.3 Å². The van der Waals surface area contributed by atoms with E-state index in [0.717, 1.165) is 16.9 Å². The topological polar surface area (TPSA) is 54.0 Å². The van der Waals surface area contributed by atoms with Gasteiger partial charge in [-0.1, -0.05) is 39.0 Å². The van der Waals surface area contributed by atoms with E-state index in [9.17, 15) is 4.79 Å². The number of pyridine rings is 1. The molecule has 0 unspecified atom stereocenters. The van der Waals surface area contributed by atoms with Gasteiger partial charge in [-0.05, 0) is 49.9 Å². The number of hydrogen-bond donors (Lipinski definition) is 2. The highest BCUT2D eigenvalue weighted by molar-refractivity contribution is 6.03. The highest BCUT2D eigenvalue weighted by Crippen LogP contribution is 2.29. The van der Waals surface area contributed by atoms with E-state index in [4.69, 9.17) is 0 Å². The molecule has 4 nitrogen and oxygen atoms in total. The fraction of sp³-hybridized carbons (Fsp3) is 0.400. The molecule has 0 fully saturated rings. The van der Waals surface area contributed by atoms with Crippen molar-refractivity contribution in [1.29, 1.82) is 0 Å².